The molecule has 36 heavy (non-hydrogen) atoms. The first-order chi connectivity index (χ1) is 17.4. The number of aromatic nitrogens is 3. The Morgan fingerprint density at radius 1 is 1.19 bits per heavy atom. The van der Waals surface area contributed by atoms with E-state index in [-0.39, 0.29) is 36.3 Å². The van der Waals surface area contributed by atoms with E-state index in [1.807, 2.05) is 24.4 Å². The number of likely N-dealkylation sites (tertiary alicyclic amines) is 1. The van der Waals surface area contributed by atoms with Gasteiger partial charge in [-0.05, 0) is 55.0 Å². The summed E-state index contributed by atoms with van der Waals surface area (Å²) >= 11 is 0. The van der Waals surface area contributed by atoms with Crippen LogP contribution < -0.4 is 5.32 Å². The third kappa shape index (κ3) is 5.34. The molecule has 0 aliphatic carbocycles. The number of benzene rings is 1. The van der Waals surface area contributed by atoms with Gasteiger partial charge in [0.15, 0.2) is 5.82 Å². The van der Waals surface area contributed by atoms with E-state index in [0.29, 0.717) is 25.1 Å². The summed E-state index contributed by atoms with van der Waals surface area (Å²) < 4.78 is 20.2. The van der Waals surface area contributed by atoms with Crippen LogP contribution in [-0.4, -0.2) is 74.6 Å². The van der Waals surface area contributed by atoms with Crippen molar-refractivity contribution in [3.8, 4) is 11.3 Å². The van der Waals surface area contributed by atoms with Gasteiger partial charge in [-0.25, -0.2) is 14.4 Å². The van der Waals surface area contributed by atoms with Crippen LogP contribution in [0.2, 0.25) is 0 Å². The van der Waals surface area contributed by atoms with Crippen molar-refractivity contribution in [2.45, 2.75) is 63.8 Å². The van der Waals surface area contributed by atoms with Gasteiger partial charge in [0.2, 0.25) is 5.95 Å². The number of piperidine rings is 1. The Balaban J connectivity index is 1.49. The number of nitrogens with one attached hydrogen (secondary N) is 1. The molecular weight excluding hydrogens is 461 g/mol. The van der Waals surface area contributed by atoms with E-state index in [9.17, 15) is 14.6 Å². The fourth-order valence-corrected chi connectivity index (χ4v) is 5.32. The first kappa shape index (κ1) is 25.0. The number of aliphatic hydroxyl groups excluding tert-OH is 2. The summed E-state index contributed by atoms with van der Waals surface area (Å²) in [6.45, 7) is 7.44. The minimum absolute atomic E-state index is 0.204. The van der Waals surface area contributed by atoms with Crippen molar-refractivity contribution in [1.82, 2.24) is 19.9 Å². The maximum atomic E-state index is 14.9. The highest BCUT2D eigenvalue weighted by Crippen LogP contribution is 2.33. The van der Waals surface area contributed by atoms with Gasteiger partial charge >= 0.3 is 0 Å². The summed E-state index contributed by atoms with van der Waals surface area (Å²) in [5.41, 5.74) is 4.01. The van der Waals surface area contributed by atoms with Crippen molar-refractivity contribution in [3.63, 3.8) is 0 Å². The number of ether oxygens (including phenoxy) is 1. The molecule has 192 valence electrons. The van der Waals surface area contributed by atoms with Gasteiger partial charge in [0.25, 0.3) is 0 Å². The lowest BCUT2D eigenvalue weighted by Gasteiger charge is -2.31. The average molecular weight is 496 g/mol. The standard InChI is InChI=1S/C27H34FN5O3/c1-16(2)25-18(13-33-8-3-4-19(34)14-33)11-29-22-6-5-17(10-20(22)25)26-21(28)12-30-27(32-26)31-23-7-9-36-15-24(23)35/h5-6,10-12,16,19,23-24,34-35H,3-4,7-9,13-15H2,1-2H3,(H,30,31,32)/t19-,23+,24+/m0/s1. The van der Waals surface area contributed by atoms with Gasteiger partial charge in [0.1, 0.15) is 5.69 Å². The first-order valence-corrected chi connectivity index (χ1v) is 12.8. The van der Waals surface area contributed by atoms with Gasteiger partial charge in [-0.3, -0.25) is 9.88 Å². The van der Waals surface area contributed by atoms with E-state index >= 15 is 0 Å². The van der Waals surface area contributed by atoms with Crippen LogP contribution in [0.15, 0.2) is 30.6 Å². The molecule has 2 fully saturated rings. The Morgan fingerprint density at radius 3 is 2.83 bits per heavy atom. The first-order valence-electron chi connectivity index (χ1n) is 12.8. The van der Waals surface area contributed by atoms with E-state index in [4.69, 9.17) is 9.72 Å². The van der Waals surface area contributed by atoms with Crippen LogP contribution in [0.5, 0.6) is 0 Å². The minimum Gasteiger partial charge on any atom is -0.392 e. The Labute approximate surface area is 210 Å². The van der Waals surface area contributed by atoms with Crippen LogP contribution in [0.1, 0.15) is 50.2 Å². The van der Waals surface area contributed by atoms with Crippen LogP contribution >= 0.6 is 0 Å². The minimum atomic E-state index is -0.671. The molecular formula is C27H34FN5O3. The molecule has 3 aromatic rings. The van der Waals surface area contributed by atoms with Gasteiger partial charge in [0.05, 0.1) is 36.6 Å². The molecule has 1 aromatic carbocycles. The van der Waals surface area contributed by atoms with Crippen LogP contribution in [0.3, 0.4) is 0 Å². The third-order valence-corrected chi connectivity index (χ3v) is 7.10. The van der Waals surface area contributed by atoms with Crippen molar-refractivity contribution >= 4 is 16.9 Å². The molecule has 3 N–H and O–H groups in total. The zero-order chi connectivity index (χ0) is 25.2. The maximum Gasteiger partial charge on any atom is 0.223 e. The molecule has 9 heteroatoms. The van der Waals surface area contributed by atoms with Crippen LogP contribution in [0, 0.1) is 5.82 Å². The number of β-amino-alcohol motifs (C(OH)–C–C–N with tert-alkyl or cyclic N) is 1. The van der Waals surface area contributed by atoms with E-state index < -0.39 is 11.9 Å². The van der Waals surface area contributed by atoms with Gasteiger partial charge in [-0.1, -0.05) is 19.9 Å². The molecule has 5 rings (SSSR count). The molecule has 8 nitrogen and oxygen atoms in total. The van der Waals surface area contributed by atoms with Crippen molar-refractivity contribution in [2.24, 2.45) is 0 Å². The summed E-state index contributed by atoms with van der Waals surface area (Å²) in [7, 11) is 0. The second-order valence-electron chi connectivity index (χ2n) is 10.2. The largest absolute Gasteiger partial charge is 0.392 e. The summed E-state index contributed by atoms with van der Waals surface area (Å²) in [6.07, 6.45) is 4.60. The quantitative estimate of drug-likeness (QED) is 0.478. The van der Waals surface area contributed by atoms with E-state index in [1.54, 1.807) is 0 Å². The smallest absolute Gasteiger partial charge is 0.223 e. The Bertz CT molecular complexity index is 1220. The van der Waals surface area contributed by atoms with E-state index in [1.165, 1.54) is 11.8 Å². The number of hydrogen-bond donors (Lipinski definition) is 3. The van der Waals surface area contributed by atoms with E-state index in [2.05, 4.69) is 34.0 Å². The fourth-order valence-electron chi connectivity index (χ4n) is 5.32. The molecule has 2 saturated heterocycles. The Hall–Kier alpha value is -2.72. The Morgan fingerprint density at radius 2 is 2.06 bits per heavy atom. The monoisotopic (exact) mass is 495 g/mol. The normalized spacial score (nSPS) is 23.3. The molecule has 0 saturated carbocycles. The van der Waals surface area contributed by atoms with Gasteiger partial charge in [-0.15, -0.1) is 0 Å². The third-order valence-electron chi connectivity index (χ3n) is 7.10. The van der Waals surface area contributed by atoms with Crippen molar-refractivity contribution in [1.29, 1.82) is 0 Å². The van der Waals surface area contributed by atoms with Gasteiger partial charge in [-0.2, -0.15) is 0 Å². The lowest BCUT2D eigenvalue weighted by molar-refractivity contribution is -0.0136. The molecule has 0 unspecified atom stereocenters. The number of pyridine rings is 1. The number of hydrogen-bond acceptors (Lipinski definition) is 8. The highest BCUT2D eigenvalue weighted by molar-refractivity contribution is 5.88. The van der Waals surface area contributed by atoms with E-state index in [0.717, 1.165) is 42.4 Å². The molecule has 4 heterocycles. The lowest BCUT2D eigenvalue weighted by Crippen LogP contribution is -2.42. The highest BCUT2D eigenvalue weighted by Gasteiger charge is 2.25. The number of fused-ring (bicyclic) bond motifs is 1. The predicted molar refractivity (Wildman–Crippen MR) is 136 cm³/mol. The SMILES string of the molecule is CC(C)c1c(CN2CCC[C@H](O)C2)cnc2ccc(-c3nc(N[C@@H]4CCOC[C@H]4O)ncc3F)cc12. The van der Waals surface area contributed by atoms with Gasteiger partial charge in [0, 0.05) is 36.8 Å². The molecule has 3 atom stereocenters. The summed E-state index contributed by atoms with van der Waals surface area (Å²) in [4.78, 5) is 15.5. The number of anilines is 1. The molecule has 0 radical (unpaired) electrons. The zero-order valence-electron chi connectivity index (χ0n) is 20.8. The summed E-state index contributed by atoms with van der Waals surface area (Å²) in [5.74, 6) is -0.0000475. The van der Waals surface area contributed by atoms with Crippen molar-refractivity contribution in [3.05, 3.63) is 47.5 Å². The molecule has 2 aliphatic heterocycles. The van der Waals surface area contributed by atoms with Crippen LogP contribution in [0.4, 0.5) is 10.3 Å². The van der Waals surface area contributed by atoms with Crippen molar-refractivity contribution in [2.75, 3.05) is 31.6 Å². The second kappa shape index (κ2) is 10.7. The molecule has 2 aromatic heterocycles. The number of aliphatic hydroxyl groups is 2. The average Bonchev–Trinajstić information content (AvgIpc) is 2.86. The zero-order valence-corrected chi connectivity index (χ0v) is 20.8. The highest BCUT2D eigenvalue weighted by atomic mass is 19.1. The maximum absolute atomic E-state index is 14.9. The molecule has 0 bridgehead atoms. The van der Waals surface area contributed by atoms with Gasteiger partial charge < -0.3 is 20.3 Å². The second-order valence-corrected chi connectivity index (χ2v) is 10.2. The number of halogens is 1. The lowest BCUT2D eigenvalue weighted by atomic mass is 9.92. The molecule has 2 aliphatic rings. The molecule has 0 spiro atoms. The fraction of sp³-hybridized carbons (Fsp3) is 0.519. The number of nitrogens with zero attached hydrogens (tertiary/aromatic N) is 4. The predicted octanol–water partition coefficient (Wildman–Crippen LogP) is 3.47. The van der Waals surface area contributed by atoms with Crippen LogP contribution in [0.25, 0.3) is 22.2 Å². The van der Waals surface area contributed by atoms with Crippen molar-refractivity contribution < 1.29 is 19.3 Å². The molecule has 0 amide bonds. The Kier molecular flexibility index (Phi) is 7.43. The van der Waals surface area contributed by atoms with Crippen LogP contribution in [-0.2, 0) is 11.3 Å². The topological polar surface area (TPSA) is 104 Å². The number of rotatable bonds is 6. The summed E-state index contributed by atoms with van der Waals surface area (Å²) in [6, 6.07) is 5.45. The summed E-state index contributed by atoms with van der Waals surface area (Å²) in [5, 5.41) is 24.4.